The van der Waals surface area contributed by atoms with Crippen LogP contribution in [0.25, 0.3) is 11.0 Å². The lowest BCUT2D eigenvalue weighted by molar-refractivity contribution is -0.139. The van der Waals surface area contributed by atoms with Crippen molar-refractivity contribution in [3.8, 4) is 0 Å². The Labute approximate surface area is 151 Å². The van der Waals surface area contributed by atoms with Gasteiger partial charge in [-0.25, -0.2) is 18.6 Å². The summed E-state index contributed by atoms with van der Waals surface area (Å²) < 4.78 is 34.5. The van der Waals surface area contributed by atoms with Gasteiger partial charge in [-0.2, -0.15) is 0 Å². The number of nitrogens with zero attached hydrogens (tertiary/aromatic N) is 2. The highest BCUT2D eigenvalue weighted by Crippen LogP contribution is 2.41. The number of thiophene rings is 1. The van der Waals surface area contributed by atoms with Gasteiger partial charge in [0.15, 0.2) is 11.6 Å². The highest BCUT2D eigenvalue weighted by molar-refractivity contribution is 7.10. The van der Waals surface area contributed by atoms with Crippen LogP contribution in [0.5, 0.6) is 0 Å². The number of halogens is 2. The van der Waals surface area contributed by atoms with Gasteiger partial charge < -0.3 is 10.1 Å². The highest BCUT2D eigenvalue weighted by atomic mass is 32.1. The Morgan fingerprint density at radius 3 is 2.85 bits per heavy atom. The molecule has 0 spiro atoms. The number of benzene rings is 1. The first-order valence-electron chi connectivity index (χ1n) is 8.06. The average Bonchev–Trinajstić information content (AvgIpc) is 3.22. The van der Waals surface area contributed by atoms with Crippen molar-refractivity contribution in [2.24, 2.45) is 0 Å². The summed E-state index contributed by atoms with van der Waals surface area (Å²) in [7, 11) is 0. The number of esters is 1. The summed E-state index contributed by atoms with van der Waals surface area (Å²) in [5.74, 6) is -1.95. The fourth-order valence-corrected chi connectivity index (χ4v) is 4.02. The molecule has 3 aromatic rings. The molecule has 0 amide bonds. The first-order chi connectivity index (χ1) is 12.5. The molecule has 1 N–H and O–H groups in total. The Morgan fingerprint density at radius 1 is 1.38 bits per heavy atom. The summed E-state index contributed by atoms with van der Waals surface area (Å²) in [4.78, 5) is 17.9. The number of fused-ring (bicyclic) bond motifs is 3. The van der Waals surface area contributed by atoms with Crippen molar-refractivity contribution < 1.29 is 18.3 Å². The van der Waals surface area contributed by atoms with Gasteiger partial charge in [0, 0.05) is 22.7 Å². The molecule has 1 unspecified atom stereocenters. The zero-order valence-electron chi connectivity index (χ0n) is 14.0. The quantitative estimate of drug-likeness (QED) is 0.696. The normalized spacial score (nSPS) is 16.5. The maximum absolute atomic E-state index is 13.9. The van der Waals surface area contributed by atoms with E-state index in [9.17, 15) is 13.6 Å². The summed E-state index contributed by atoms with van der Waals surface area (Å²) in [5.41, 5.74) is 1.74. The van der Waals surface area contributed by atoms with Crippen LogP contribution in [-0.2, 0) is 9.53 Å². The number of nitrogens with one attached hydrogen (secondary N) is 1. The summed E-state index contributed by atoms with van der Waals surface area (Å²) in [6, 6.07) is 5.40. The fourth-order valence-electron chi connectivity index (χ4n) is 3.20. The Balaban J connectivity index is 1.99. The van der Waals surface area contributed by atoms with E-state index in [2.05, 4.69) is 10.3 Å². The van der Waals surface area contributed by atoms with E-state index in [1.165, 1.54) is 11.3 Å². The zero-order chi connectivity index (χ0) is 18.4. The predicted octanol–water partition coefficient (Wildman–Crippen LogP) is 4.23. The molecule has 0 saturated heterocycles. The maximum atomic E-state index is 13.9. The van der Waals surface area contributed by atoms with E-state index >= 15 is 0 Å². The molecule has 134 valence electrons. The minimum absolute atomic E-state index is 0.240. The van der Waals surface area contributed by atoms with Crippen LogP contribution in [0.15, 0.2) is 40.9 Å². The monoisotopic (exact) mass is 375 g/mol. The topological polar surface area (TPSA) is 56.1 Å². The van der Waals surface area contributed by atoms with Gasteiger partial charge in [0.1, 0.15) is 6.04 Å². The van der Waals surface area contributed by atoms with E-state index in [-0.39, 0.29) is 6.61 Å². The van der Waals surface area contributed by atoms with Crippen molar-refractivity contribution >= 4 is 34.3 Å². The van der Waals surface area contributed by atoms with E-state index < -0.39 is 23.6 Å². The van der Waals surface area contributed by atoms with E-state index in [0.717, 1.165) is 17.0 Å². The van der Waals surface area contributed by atoms with Crippen LogP contribution in [0, 0.1) is 11.6 Å². The largest absolute Gasteiger partial charge is 0.463 e. The van der Waals surface area contributed by atoms with Crippen LogP contribution in [-0.4, -0.2) is 22.1 Å². The number of ether oxygens (including phenoxy) is 1. The smallest absolute Gasteiger partial charge is 0.338 e. The van der Waals surface area contributed by atoms with Crippen LogP contribution in [0.1, 0.15) is 24.8 Å². The summed E-state index contributed by atoms with van der Waals surface area (Å²) in [6.45, 7) is 3.74. The number of rotatable bonds is 3. The third-order valence-corrected chi connectivity index (χ3v) is 5.20. The van der Waals surface area contributed by atoms with Crippen LogP contribution >= 0.6 is 11.3 Å². The second kappa shape index (κ2) is 6.21. The molecule has 26 heavy (non-hydrogen) atoms. The molecule has 0 saturated carbocycles. The molecular formula is C18H15F2N3O2S. The maximum Gasteiger partial charge on any atom is 0.338 e. The number of imidazole rings is 1. The van der Waals surface area contributed by atoms with Gasteiger partial charge in [-0.1, -0.05) is 6.07 Å². The molecule has 1 atom stereocenters. The van der Waals surface area contributed by atoms with Gasteiger partial charge in [-0.3, -0.25) is 4.57 Å². The van der Waals surface area contributed by atoms with Crippen molar-refractivity contribution in [2.75, 3.05) is 11.9 Å². The SMILES string of the molecule is CCOC(=O)C1=C(C)Nc2nc3cc(F)c(F)cc3n2C1c1cccs1. The molecule has 0 bridgehead atoms. The van der Waals surface area contributed by atoms with Crippen molar-refractivity contribution in [1.29, 1.82) is 0 Å². The van der Waals surface area contributed by atoms with Gasteiger partial charge in [-0.15, -0.1) is 11.3 Å². The number of allylic oxidation sites excluding steroid dienone is 1. The minimum Gasteiger partial charge on any atom is -0.463 e. The second-order valence-corrected chi connectivity index (χ2v) is 6.84. The molecule has 0 fully saturated rings. The number of carbonyl (C=O) groups is 1. The van der Waals surface area contributed by atoms with Crippen molar-refractivity contribution in [3.05, 3.63) is 57.4 Å². The molecule has 1 aliphatic rings. The molecule has 0 radical (unpaired) electrons. The Hall–Kier alpha value is -2.74. The summed E-state index contributed by atoms with van der Waals surface area (Å²) in [6.07, 6.45) is 0. The highest BCUT2D eigenvalue weighted by Gasteiger charge is 2.35. The lowest BCUT2D eigenvalue weighted by Gasteiger charge is -2.29. The summed E-state index contributed by atoms with van der Waals surface area (Å²) in [5, 5.41) is 4.96. The van der Waals surface area contributed by atoms with E-state index in [1.807, 2.05) is 17.5 Å². The minimum atomic E-state index is -0.964. The lowest BCUT2D eigenvalue weighted by atomic mass is 10.0. The Kier molecular flexibility index (Phi) is 3.99. The Bertz CT molecular complexity index is 1040. The van der Waals surface area contributed by atoms with Gasteiger partial charge >= 0.3 is 5.97 Å². The number of aromatic nitrogens is 2. The van der Waals surface area contributed by atoms with Crippen molar-refractivity contribution in [1.82, 2.24) is 9.55 Å². The molecule has 2 aromatic heterocycles. The van der Waals surface area contributed by atoms with Crippen LogP contribution in [0.3, 0.4) is 0 Å². The lowest BCUT2D eigenvalue weighted by Crippen LogP contribution is -2.28. The molecule has 8 heteroatoms. The number of hydrogen-bond acceptors (Lipinski definition) is 5. The number of hydrogen-bond donors (Lipinski definition) is 1. The number of anilines is 1. The van der Waals surface area contributed by atoms with Crippen LogP contribution in [0.2, 0.25) is 0 Å². The number of carbonyl (C=O) groups excluding carboxylic acids is 1. The second-order valence-electron chi connectivity index (χ2n) is 5.86. The van der Waals surface area contributed by atoms with Crippen LogP contribution in [0.4, 0.5) is 14.7 Å². The zero-order valence-corrected chi connectivity index (χ0v) is 14.9. The average molecular weight is 375 g/mol. The third-order valence-electron chi connectivity index (χ3n) is 4.27. The van der Waals surface area contributed by atoms with Crippen LogP contribution < -0.4 is 5.32 Å². The van der Waals surface area contributed by atoms with Gasteiger partial charge in [0.2, 0.25) is 5.95 Å². The first kappa shape index (κ1) is 16.7. The molecule has 4 rings (SSSR count). The van der Waals surface area contributed by atoms with E-state index in [4.69, 9.17) is 4.74 Å². The predicted molar refractivity (Wildman–Crippen MR) is 95.1 cm³/mol. The standard InChI is InChI=1S/C18H15F2N3O2S/c1-3-25-17(24)15-9(2)21-18-22-12-7-10(19)11(20)8-13(12)23(18)16(15)14-5-4-6-26-14/h4-8,16H,3H2,1-2H3,(H,21,22). The third kappa shape index (κ3) is 2.48. The molecule has 1 aromatic carbocycles. The van der Waals surface area contributed by atoms with Crippen molar-refractivity contribution in [2.45, 2.75) is 19.9 Å². The van der Waals surface area contributed by atoms with Gasteiger partial charge in [0.05, 0.1) is 23.2 Å². The molecule has 5 nitrogen and oxygen atoms in total. The van der Waals surface area contributed by atoms with Gasteiger partial charge in [0.25, 0.3) is 0 Å². The summed E-state index contributed by atoms with van der Waals surface area (Å²) >= 11 is 1.47. The molecule has 1 aliphatic heterocycles. The van der Waals surface area contributed by atoms with Gasteiger partial charge in [-0.05, 0) is 25.3 Å². The first-order valence-corrected chi connectivity index (χ1v) is 8.94. The Morgan fingerprint density at radius 2 is 2.15 bits per heavy atom. The van der Waals surface area contributed by atoms with E-state index in [1.54, 1.807) is 18.4 Å². The van der Waals surface area contributed by atoms with E-state index in [0.29, 0.717) is 28.3 Å². The molecular weight excluding hydrogens is 360 g/mol. The molecule has 3 heterocycles. The fraction of sp³-hybridized carbons (Fsp3) is 0.222. The molecule has 0 aliphatic carbocycles. The van der Waals surface area contributed by atoms with Crippen molar-refractivity contribution in [3.63, 3.8) is 0 Å².